The number of aromatic nitrogens is 2. The van der Waals surface area contributed by atoms with Crippen LogP contribution in [0.1, 0.15) is 32.0 Å². The summed E-state index contributed by atoms with van der Waals surface area (Å²) in [7, 11) is 0. The molecule has 0 radical (unpaired) electrons. The predicted octanol–water partition coefficient (Wildman–Crippen LogP) is 1.93. The van der Waals surface area contributed by atoms with Crippen molar-refractivity contribution in [2.45, 2.75) is 34.2 Å². The van der Waals surface area contributed by atoms with Crippen LogP contribution in [-0.2, 0) is 11.3 Å². The molecule has 0 aromatic carbocycles. The highest BCUT2D eigenvalue weighted by atomic mass is 32.1. The predicted molar refractivity (Wildman–Crippen MR) is 82.9 cm³/mol. The Labute approximate surface area is 124 Å². The second kappa shape index (κ2) is 5.75. The molecular formula is C14H20N4OS. The SMILES string of the molecule is CCn1cc(/C=C2/NC(=S)N(CC(C)C)C2=O)c(C)n1. The lowest BCUT2D eigenvalue weighted by atomic mass is 10.2. The Bertz CT molecular complexity index is 574. The minimum atomic E-state index is -0.0626. The van der Waals surface area contributed by atoms with Crippen molar-refractivity contribution in [2.24, 2.45) is 5.92 Å². The zero-order chi connectivity index (χ0) is 14.9. The maximum atomic E-state index is 12.3. The molecule has 1 aliphatic rings. The van der Waals surface area contributed by atoms with E-state index >= 15 is 0 Å². The average molecular weight is 292 g/mol. The highest BCUT2D eigenvalue weighted by Gasteiger charge is 2.30. The molecule has 1 aromatic rings. The minimum absolute atomic E-state index is 0.0626. The lowest BCUT2D eigenvalue weighted by Crippen LogP contribution is -2.33. The van der Waals surface area contributed by atoms with Crippen LogP contribution in [0.3, 0.4) is 0 Å². The van der Waals surface area contributed by atoms with E-state index < -0.39 is 0 Å². The number of nitrogens with one attached hydrogen (secondary N) is 1. The van der Waals surface area contributed by atoms with Crippen molar-refractivity contribution >= 4 is 29.3 Å². The van der Waals surface area contributed by atoms with Gasteiger partial charge in [0.15, 0.2) is 5.11 Å². The first-order valence-corrected chi connectivity index (χ1v) is 7.21. The molecule has 0 spiro atoms. The monoisotopic (exact) mass is 292 g/mol. The lowest BCUT2D eigenvalue weighted by molar-refractivity contribution is -0.122. The first kappa shape index (κ1) is 14.7. The van der Waals surface area contributed by atoms with E-state index in [1.807, 2.05) is 30.8 Å². The summed E-state index contributed by atoms with van der Waals surface area (Å²) in [5.74, 6) is 0.315. The van der Waals surface area contributed by atoms with Crippen LogP contribution in [0.4, 0.5) is 0 Å². The van der Waals surface area contributed by atoms with Gasteiger partial charge < -0.3 is 5.32 Å². The van der Waals surface area contributed by atoms with Crippen molar-refractivity contribution in [2.75, 3.05) is 6.54 Å². The fraction of sp³-hybridized carbons (Fsp3) is 0.500. The Hall–Kier alpha value is -1.69. The molecular weight excluding hydrogens is 272 g/mol. The summed E-state index contributed by atoms with van der Waals surface area (Å²) in [6.45, 7) is 9.53. The highest BCUT2D eigenvalue weighted by molar-refractivity contribution is 7.80. The number of aryl methyl sites for hydroxylation is 2. The number of nitrogens with zero attached hydrogens (tertiary/aromatic N) is 3. The first-order chi connectivity index (χ1) is 9.42. The van der Waals surface area contributed by atoms with E-state index in [0.717, 1.165) is 17.8 Å². The molecule has 0 bridgehead atoms. The summed E-state index contributed by atoms with van der Waals surface area (Å²) in [6.07, 6.45) is 3.76. The van der Waals surface area contributed by atoms with E-state index in [1.165, 1.54) is 0 Å². The molecule has 0 atom stereocenters. The van der Waals surface area contributed by atoms with Gasteiger partial charge in [0.1, 0.15) is 5.70 Å². The van der Waals surface area contributed by atoms with Gasteiger partial charge in [-0.2, -0.15) is 5.10 Å². The number of hydrogen-bond donors (Lipinski definition) is 1. The molecule has 1 fully saturated rings. The number of rotatable bonds is 4. The van der Waals surface area contributed by atoms with Crippen molar-refractivity contribution in [3.05, 3.63) is 23.2 Å². The quantitative estimate of drug-likeness (QED) is 0.680. The Morgan fingerprint density at radius 2 is 2.20 bits per heavy atom. The van der Waals surface area contributed by atoms with Gasteiger partial charge in [-0.05, 0) is 38.1 Å². The van der Waals surface area contributed by atoms with Gasteiger partial charge in [-0.25, -0.2) is 0 Å². The highest BCUT2D eigenvalue weighted by Crippen LogP contribution is 2.17. The van der Waals surface area contributed by atoms with Crippen molar-refractivity contribution in [3.63, 3.8) is 0 Å². The van der Waals surface area contributed by atoms with Crippen LogP contribution in [-0.4, -0.2) is 32.2 Å². The van der Waals surface area contributed by atoms with Crippen LogP contribution >= 0.6 is 12.2 Å². The molecule has 1 aromatic heterocycles. The third-order valence-corrected chi connectivity index (χ3v) is 3.44. The molecule has 2 heterocycles. The average Bonchev–Trinajstić information content (AvgIpc) is 2.85. The molecule has 2 rings (SSSR count). The van der Waals surface area contributed by atoms with E-state index in [2.05, 4.69) is 24.3 Å². The van der Waals surface area contributed by atoms with Gasteiger partial charge in [0.2, 0.25) is 0 Å². The number of carbonyl (C=O) groups excluding carboxylic acids is 1. The normalized spacial score (nSPS) is 17.4. The minimum Gasteiger partial charge on any atom is -0.328 e. The summed E-state index contributed by atoms with van der Waals surface area (Å²) in [5.41, 5.74) is 2.37. The van der Waals surface area contributed by atoms with E-state index in [1.54, 1.807) is 4.90 Å². The lowest BCUT2D eigenvalue weighted by Gasteiger charge is -2.15. The van der Waals surface area contributed by atoms with Gasteiger partial charge in [-0.15, -0.1) is 0 Å². The molecule has 1 aliphatic heterocycles. The van der Waals surface area contributed by atoms with Gasteiger partial charge in [-0.3, -0.25) is 14.4 Å². The third kappa shape index (κ3) is 2.90. The van der Waals surface area contributed by atoms with Crippen LogP contribution in [0.5, 0.6) is 0 Å². The maximum Gasteiger partial charge on any atom is 0.276 e. The van der Waals surface area contributed by atoms with Crippen LogP contribution < -0.4 is 5.32 Å². The van der Waals surface area contributed by atoms with Gasteiger partial charge in [-0.1, -0.05) is 13.8 Å². The molecule has 6 heteroatoms. The standard InChI is InChI=1S/C14H20N4OS/c1-5-17-8-11(10(4)16-17)6-12-13(19)18(7-9(2)3)14(20)15-12/h6,8-9H,5,7H2,1-4H3,(H,15,20)/b12-6+. The van der Waals surface area contributed by atoms with Crippen molar-refractivity contribution in [1.82, 2.24) is 20.0 Å². The number of carbonyl (C=O) groups is 1. The van der Waals surface area contributed by atoms with Gasteiger partial charge in [0.25, 0.3) is 5.91 Å². The van der Waals surface area contributed by atoms with Gasteiger partial charge in [0, 0.05) is 24.8 Å². The number of thiocarbonyl (C=S) groups is 1. The Morgan fingerprint density at radius 3 is 2.75 bits per heavy atom. The van der Waals surface area contributed by atoms with Crippen LogP contribution in [0.15, 0.2) is 11.9 Å². The van der Waals surface area contributed by atoms with E-state index in [-0.39, 0.29) is 5.91 Å². The smallest absolute Gasteiger partial charge is 0.276 e. The summed E-state index contributed by atoms with van der Waals surface area (Å²) >= 11 is 5.22. The molecule has 5 nitrogen and oxygen atoms in total. The van der Waals surface area contributed by atoms with Crippen LogP contribution in [0, 0.1) is 12.8 Å². The Balaban J connectivity index is 2.25. The molecule has 1 N–H and O–H groups in total. The van der Waals surface area contributed by atoms with Crippen molar-refractivity contribution in [1.29, 1.82) is 0 Å². The summed E-state index contributed by atoms with van der Waals surface area (Å²) in [6, 6.07) is 0. The van der Waals surface area contributed by atoms with Crippen LogP contribution in [0.25, 0.3) is 6.08 Å². The largest absolute Gasteiger partial charge is 0.328 e. The Kier molecular flexibility index (Phi) is 4.23. The third-order valence-electron chi connectivity index (χ3n) is 3.12. The van der Waals surface area contributed by atoms with Gasteiger partial charge >= 0.3 is 0 Å². The zero-order valence-corrected chi connectivity index (χ0v) is 13.1. The second-order valence-corrected chi connectivity index (χ2v) is 5.71. The summed E-state index contributed by atoms with van der Waals surface area (Å²) in [4.78, 5) is 13.9. The molecule has 1 saturated heterocycles. The summed E-state index contributed by atoms with van der Waals surface area (Å²) in [5, 5.41) is 7.85. The summed E-state index contributed by atoms with van der Waals surface area (Å²) < 4.78 is 1.85. The maximum absolute atomic E-state index is 12.3. The van der Waals surface area contributed by atoms with E-state index in [9.17, 15) is 4.79 Å². The molecule has 0 aliphatic carbocycles. The van der Waals surface area contributed by atoms with Gasteiger partial charge in [0.05, 0.1) is 5.69 Å². The van der Waals surface area contributed by atoms with Crippen molar-refractivity contribution < 1.29 is 4.79 Å². The fourth-order valence-electron chi connectivity index (χ4n) is 2.10. The molecule has 1 amide bonds. The molecule has 0 saturated carbocycles. The molecule has 0 unspecified atom stereocenters. The first-order valence-electron chi connectivity index (χ1n) is 6.81. The second-order valence-electron chi connectivity index (χ2n) is 5.32. The van der Waals surface area contributed by atoms with E-state index in [0.29, 0.717) is 23.3 Å². The number of amides is 1. The zero-order valence-electron chi connectivity index (χ0n) is 12.3. The van der Waals surface area contributed by atoms with Crippen LogP contribution in [0.2, 0.25) is 0 Å². The fourth-order valence-corrected chi connectivity index (χ4v) is 2.36. The number of hydrogen-bond acceptors (Lipinski definition) is 3. The molecule has 108 valence electrons. The molecule has 20 heavy (non-hydrogen) atoms. The topological polar surface area (TPSA) is 50.2 Å². The Morgan fingerprint density at radius 1 is 1.50 bits per heavy atom. The van der Waals surface area contributed by atoms with Crippen molar-refractivity contribution in [3.8, 4) is 0 Å². The van der Waals surface area contributed by atoms with E-state index in [4.69, 9.17) is 12.2 Å².